The molecule has 6 rings (SSSR count). The van der Waals surface area contributed by atoms with Crippen molar-refractivity contribution in [3.63, 3.8) is 0 Å². The second kappa shape index (κ2) is 19.8. The van der Waals surface area contributed by atoms with E-state index in [2.05, 4.69) is 24.7 Å². The van der Waals surface area contributed by atoms with Crippen molar-refractivity contribution in [2.75, 3.05) is 30.6 Å². The highest BCUT2D eigenvalue weighted by Gasteiger charge is 2.20. The van der Waals surface area contributed by atoms with Crippen LogP contribution >= 0.6 is 0 Å². The van der Waals surface area contributed by atoms with E-state index >= 15 is 0 Å². The number of aromatic nitrogens is 4. The highest BCUT2D eigenvalue weighted by molar-refractivity contribution is 5.89. The zero-order valence-electron chi connectivity index (χ0n) is 31.0. The number of carboxylic acids is 2. The standard InChI is InChI=1S/C21H21N3O4.C20H17F2N3O4/c1-3-28-20-18(27-2)9-10-19(23-20)24(14-15-6-5-11-22-13-15)17-8-4-7-16(12-17)21(25)26;1-28-18-16(29-20(21)22)7-8-17(24-18)25(12-13-4-3-9-23-11-13)15-6-2-5-14(10-15)19(26)27/h4-13H,3,14H2,1-2H3,(H,25,26);2-11,20H,12H2,1H3,(H,26,27). The molecule has 0 aliphatic rings. The van der Waals surface area contributed by atoms with Gasteiger partial charge in [-0.05, 0) is 90.8 Å². The van der Waals surface area contributed by atoms with Gasteiger partial charge in [0.2, 0.25) is 0 Å². The Kier molecular flexibility index (Phi) is 14.2. The lowest BCUT2D eigenvalue weighted by Gasteiger charge is -2.25. The van der Waals surface area contributed by atoms with E-state index < -0.39 is 18.6 Å². The fourth-order valence-corrected chi connectivity index (χ4v) is 5.44. The van der Waals surface area contributed by atoms with Crippen LogP contribution in [0.5, 0.6) is 23.3 Å². The molecule has 0 aliphatic heterocycles. The molecule has 0 spiro atoms. The first-order valence-corrected chi connectivity index (χ1v) is 17.3. The number of ether oxygens (including phenoxy) is 4. The molecule has 0 atom stereocenters. The molecule has 6 aromatic rings. The van der Waals surface area contributed by atoms with E-state index in [1.54, 1.807) is 79.3 Å². The zero-order chi connectivity index (χ0) is 40.7. The summed E-state index contributed by atoms with van der Waals surface area (Å²) in [5.41, 5.74) is 3.34. The van der Waals surface area contributed by atoms with Crippen molar-refractivity contribution < 1.29 is 47.5 Å². The number of hydrogen-bond acceptors (Lipinski definition) is 12. The minimum atomic E-state index is -3.02. The van der Waals surface area contributed by atoms with Crippen molar-refractivity contribution in [1.29, 1.82) is 0 Å². The third kappa shape index (κ3) is 11.1. The Morgan fingerprint density at radius 1 is 0.667 bits per heavy atom. The van der Waals surface area contributed by atoms with Crippen molar-refractivity contribution >= 4 is 34.9 Å². The molecule has 2 N–H and O–H groups in total. The lowest BCUT2D eigenvalue weighted by molar-refractivity contribution is -0.0515. The highest BCUT2D eigenvalue weighted by atomic mass is 19.3. The number of benzene rings is 2. The van der Waals surface area contributed by atoms with Crippen molar-refractivity contribution in [2.24, 2.45) is 0 Å². The van der Waals surface area contributed by atoms with Crippen LogP contribution in [0.25, 0.3) is 0 Å². The van der Waals surface area contributed by atoms with E-state index in [9.17, 15) is 28.6 Å². The third-order valence-electron chi connectivity index (χ3n) is 8.02. The molecule has 0 saturated heterocycles. The van der Waals surface area contributed by atoms with Crippen LogP contribution in [0.3, 0.4) is 0 Å². The van der Waals surface area contributed by atoms with Gasteiger partial charge in [0.1, 0.15) is 11.6 Å². The Morgan fingerprint density at radius 3 is 1.60 bits per heavy atom. The van der Waals surface area contributed by atoms with Gasteiger partial charge in [0.05, 0.1) is 45.0 Å². The monoisotopic (exact) mass is 780 g/mol. The second-order valence-electron chi connectivity index (χ2n) is 11.8. The molecule has 0 saturated carbocycles. The average molecular weight is 781 g/mol. The lowest BCUT2D eigenvalue weighted by atomic mass is 10.1. The summed E-state index contributed by atoms with van der Waals surface area (Å²) < 4.78 is 45.6. The van der Waals surface area contributed by atoms with Crippen molar-refractivity contribution in [3.8, 4) is 23.3 Å². The third-order valence-corrected chi connectivity index (χ3v) is 8.02. The molecule has 0 bridgehead atoms. The number of methoxy groups -OCH3 is 2. The van der Waals surface area contributed by atoms with Crippen LogP contribution in [0.15, 0.2) is 122 Å². The SMILES string of the molecule is CCOc1nc(N(Cc2cccnc2)c2cccc(C(=O)O)c2)ccc1OC.COc1nc(N(Cc2cccnc2)c2cccc(C(=O)O)c2)ccc1OC(F)F. The van der Waals surface area contributed by atoms with Crippen molar-refractivity contribution in [2.45, 2.75) is 26.6 Å². The average Bonchev–Trinajstić information content (AvgIpc) is 3.23. The summed E-state index contributed by atoms with van der Waals surface area (Å²) in [6, 6.07) is 26.9. The summed E-state index contributed by atoms with van der Waals surface area (Å²) in [5, 5.41) is 18.7. The molecule has 0 aliphatic carbocycles. The molecule has 2 aromatic carbocycles. The van der Waals surface area contributed by atoms with E-state index in [0.29, 0.717) is 54.3 Å². The maximum atomic E-state index is 12.6. The zero-order valence-corrected chi connectivity index (χ0v) is 31.0. The molecular formula is C41H38F2N6O8. The molecule has 4 aromatic heterocycles. The molecule has 4 heterocycles. The molecule has 0 amide bonds. The quantitative estimate of drug-likeness (QED) is 0.0967. The predicted octanol–water partition coefficient (Wildman–Crippen LogP) is 8.04. The van der Waals surface area contributed by atoms with Gasteiger partial charge in [-0.3, -0.25) is 9.97 Å². The molecule has 0 radical (unpaired) electrons. The number of aromatic carboxylic acids is 2. The van der Waals surface area contributed by atoms with E-state index in [1.807, 2.05) is 42.2 Å². The molecular weight excluding hydrogens is 742 g/mol. The maximum absolute atomic E-state index is 12.6. The van der Waals surface area contributed by atoms with E-state index in [0.717, 1.165) is 11.1 Å². The van der Waals surface area contributed by atoms with Gasteiger partial charge in [-0.1, -0.05) is 24.3 Å². The Balaban J connectivity index is 0.000000218. The van der Waals surface area contributed by atoms with Gasteiger partial charge in [-0.2, -0.15) is 18.7 Å². The number of rotatable bonds is 16. The Hall–Kier alpha value is -7.36. The minimum Gasteiger partial charge on any atom is -0.491 e. The van der Waals surface area contributed by atoms with Crippen LogP contribution in [0.1, 0.15) is 38.8 Å². The molecule has 16 heteroatoms. The largest absolute Gasteiger partial charge is 0.491 e. The van der Waals surface area contributed by atoms with Gasteiger partial charge in [-0.15, -0.1) is 0 Å². The summed E-state index contributed by atoms with van der Waals surface area (Å²) >= 11 is 0. The van der Waals surface area contributed by atoms with E-state index in [4.69, 9.17) is 14.2 Å². The number of carboxylic acid groups (broad SMARTS) is 2. The number of anilines is 4. The molecule has 57 heavy (non-hydrogen) atoms. The van der Waals surface area contributed by atoms with E-state index in [-0.39, 0.29) is 22.8 Å². The highest BCUT2D eigenvalue weighted by Crippen LogP contribution is 2.35. The number of nitrogens with zero attached hydrogens (tertiary/aromatic N) is 6. The molecule has 294 valence electrons. The van der Waals surface area contributed by atoms with Crippen LogP contribution in [0.4, 0.5) is 31.8 Å². The topological polar surface area (TPSA) is 170 Å². The number of hydrogen-bond donors (Lipinski definition) is 2. The first kappa shape index (κ1) is 40.8. The number of pyridine rings is 4. The van der Waals surface area contributed by atoms with Gasteiger partial charge in [0, 0.05) is 36.2 Å². The van der Waals surface area contributed by atoms with E-state index in [1.165, 1.54) is 31.4 Å². The summed E-state index contributed by atoms with van der Waals surface area (Å²) in [5.74, 6) is -0.495. The Morgan fingerprint density at radius 2 is 1.18 bits per heavy atom. The van der Waals surface area contributed by atoms with Crippen LogP contribution in [0, 0.1) is 0 Å². The van der Waals surface area contributed by atoms with Gasteiger partial charge in [0.25, 0.3) is 11.8 Å². The summed E-state index contributed by atoms with van der Waals surface area (Å²) in [6.07, 6.45) is 6.77. The van der Waals surface area contributed by atoms with Gasteiger partial charge in [-0.25, -0.2) is 9.59 Å². The van der Waals surface area contributed by atoms with Crippen LogP contribution in [-0.4, -0.2) is 69.5 Å². The fraction of sp³-hybridized carbons (Fsp3) is 0.171. The second-order valence-corrected chi connectivity index (χ2v) is 11.8. The number of carbonyl (C=O) groups is 2. The summed E-state index contributed by atoms with van der Waals surface area (Å²) in [4.78, 5) is 43.5. The van der Waals surface area contributed by atoms with Gasteiger partial charge < -0.3 is 39.0 Å². The Bertz CT molecular complexity index is 2250. The minimum absolute atomic E-state index is 0.100. The van der Waals surface area contributed by atoms with Gasteiger partial charge in [0.15, 0.2) is 11.5 Å². The number of alkyl halides is 2. The summed E-state index contributed by atoms with van der Waals surface area (Å²) in [7, 11) is 2.85. The lowest BCUT2D eigenvalue weighted by Crippen LogP contribution is -2.19. The maximum Gasteiger partial charge on any atom is 0.387 e. The normalized spacial score (nSPS) is 10.5. The predicted molar refractivity (Wildman–Crippen MR) is 206 cm³/mol. The first-order valence-electron chi connectivity index (χ1n) is 17.3. The van der Waals surface area contributed by atoms with Crippen molar-refractivity contribution in [1.82, 2.24) is 19.9 Å². The molecule has 0 fully saturated rings. The van der Waals surface area contributed by atoms with Crippen molar-refractivity contribution in [3.05, 3.63) is 144 Å². The fourth-order valence-electron chi connectivity index (χ4n) is 5.44. The van der Waals surface area contributed by atoms with Gasteiger partial charge >= 0.3 is 18.6 Å². The summed E-state index contributed by atoms with van der Waals surface area (Å²) in [6.45, 7) is 0.0704. The molecule has 0 unspecified atom stereocenters. The Labute approximate surface area is 326 Å². The van der Waals surface area contributed by atoms with Crippen LogP contribution in [-0.2, 0) is 13.1 Å². The molecule has 14 nitrogen and oxygen atoms in total. The first-order chi connectivity index (χ1) is 27.6. The smallest absolute Gasteiger partial charge is 0.387 e. The van der Waals surface area contributed by atoms with Crippen LogP contribution < -0.4 is 28.7 Å². The number of halogens is 2. The van der Waals surface area contributed by atoms with Crippen LogP contribution in [0.2, 0.25) is 0 Å².